The van der Waals surface area contributed by atoms with E-state index >= 15 is 0 Å². The van der Waals surface area contributed by atoms with Crippen LogP contribution >= 0.6 is 0 Å². The minimum Gasteiger partial charge on any atom is -0.336 e. The van der Waals surface area contributed by atoms with Crippen LogP contribution in [0.4, 0.5) is 14.9 Å². The van der Waals surface area contributed by atoms with Gasteiger partial charge >= 0.3 is 6.03 Å². The summed E-state index contributed by atoms with van der Waals surface area (Å²) >= 11 is 0. The van der Waals surface area contributed by atoms with Gasteiger partial charge in [-0.15, -0.1) is 0 Å². The van der Waals surface area contributed by atoms with Crippen LogP contribution in [0.5, 0.6) is 0 Å². The minimum atomic E-state index is -0.567. The van der Waals surface area contributed by atoms with Crippen LogP contribution < -0.4 is 10.2 Å². The van der Waals surface area contributed by atoms with Crippen molar-refractivity contribution in [3.8, 4) is 0 Å². The number of carbonyl (C=O) groups is 2. The number of nitrogens with zero attached hydrogens (tertiary/aromatic N) is 1. The molecule has 102 valence electrons. The summed E-state index contributed by atoms with van der Waals surface area (Å²) in [4.78, 5) is 25.6. The van der Waals surface area contributed by atoms with Crippen LogP contribution in [0.3, 0.4) is 0 Å². The van der Waals surface area contributed by atoms with E-state index in [1.807, 2.05) is 13.8 Å². The molecule has 0 spiro atoms. The van der Waals surface area contributed by atoms with Crippen LogP contribution in [0.1, 0.15) is 26.7 Å². The van der Waals surface area contributed by atoms with Crippen LogP contribution in [-0.2, 0) is 4.79 Å². The summed E-state index contributed by atoms with van der Waals surface area (Å²) in [6.45, 7) is 4.22. The van der Waals surface area contributed by atoms with Crippen molar-refractivity contribution in [2.45, 2.75) is 26.7 Å². The lowest BCUT2D eigenvalue weighted by molar-refractivity contribution is -0.128. The van der Waals surface area contributed by atoms with E-state index in [-0.39, 0.29) is 5.91 Å². The molecule has 0 saturated carbocycles. The predicted octanol–water partition coefficient (Wildman–Crippen LogP) is 2.69. The van der Waals surface area contributed by atoms with Crippen LogP contribution in [0.15, 0.2) is 24.3 Å². The predicted molar refractivity (Wildman–Crippen MR) is 70.3 cm³/mol. The van der Waals surface area contributed by atoms with Gasteiger partial charge < -0.3 is 5.32 Å². The Morgan fingerprint density at radius 2 is 1.79 bits per heavy atom. The van der Waals surface area contributed by atoms with Gasteiger partial charge in [-0.2, -0.15) is 0 Å². The van der Waals surface area contributed by atoms with E-state index in [1.165, 1.54) is 24.3 Å². The number of nitrogens with one attached hydrogen (secondary N) is 1. The number of urea groups is 1. The number of amides is 3. The molecule has 2 rings (SSSR count). The molecular formula is C14H17FN2O2. The molecule has 0 bridgehead atoms. The largest absolute Gasteiger partial charge is 0.336 e. The van der Waals surface area contributed by atoms with E-state index in [0.717, 1.165) is 4.90 Å². The first kappa shape index (κ1) is 13.5. The van der Waals surface area contributed by atoms with Gasteiger partial charge in [0.05, 0.1) is 11.1 Å². The average Bonchev–Trinajstić information content (AvgIpc) is 2.42. The van der Waals surface area contributed by atoms with E-state index in [1.54, 1.807) is 0 Å². The molecule has 0 radical (unpaired) electrons. The molecule has 1 fully saturated rings. The Morgan fingerprint density at radius 3 is 2.32 bits per heavy atom. The van der Waals surface area contributed by atoms with Crippen molar-refractivity contribution in [2.24, 2.45) is 5.41 Å². The highest BCUT2D eigenvalue weighted by Gasteiger charge is 2.45. The number of carbonyl (C=O) groups excluding carboxylic acids is 2. The zero-order chi connectivity index (χ0) is 14.0. The van der Waals surface area contributed by atoms with Gasteiger partial charge in [0.25, 0.3) is 0 Å². The van der Waals surface area contributed by atoms with Crippen molar-refractivity contribution >= 4 is 17.6 Å². The summed E-state index contributed by atoms with van der Waals surface area (Å²) in [5.74, 6) is -0.612. The molecule has 0 atom stereocenters. The Kier molecular flexibility index (Phi) is 3.55. The van der Waals surface area contributed by atoms with Crippen molar-refractivity contribution < 1.29 is 14.0 Å². The highest BCUT2D eigenvalue weighted by Crippen LogP contribution is 2.33. The molecule has 1 N–H and O–H groups in total. The Labute approximate surface area is 111 Å². The first-order chi connectivity index (χ1) is 9.04. The summed E-state index contributed by atoms with van der Waals surface area (Å²) in [5, 5.41) is 2.74. The van der Waals surface area contributed by atoms with Crippen molar-refractivity contribution in [3.05, 3.63) is 30.1 Å². The Balaban J connectivity index is 2.39. The van der Waals surface area contributed by atoms with Crippen LogP contribution in [0.2, 0.25) is 0 Å². The van der Waals surface area contributed by atoms with Crippen LogP contribution in [0, 0.1) is 11.2 Å². The van der Waals surface area contributed by atoms with E-state index in [2.05, 4.69) is 5.32 Å². The normalized spacial score (nSPS) is 18.4. The second-order valence-electron chi connectivity index (χ2n) is 4.76. The maximum Gasteiger partial charge on any atom is 0.328 e. The fourth-order valence-corrected chi connectivity index (χ4v) is 2.36. The maximum absolute atomic E-state index is 12.9. The Morgan fingerprint density at radius 1 is 1.21 bits per heavy atom. The number of rotatable bonds is 3. The number of benzene rings is 1. The molecule has 1 aliphatic rings. The third kappa shape index (κ3) is 2.20. The molecular weight excluding hydrogens is 247 g/mol. The lowest BCUT2D eigenvalue weighted by Gasteiger charge is -2.39. The smallest absolute Gasteiger partial charge is 0.328 e. The fourth-order valence-electron chi connectivity index (χ4n) is 2.36. The molecule has 0 aromatic heterocycles. The molecule has 1 heterocycles. The van der Waals surface area contributed by atoms with Gasteiger partial charge in [-0.05, 0) is 37.1 Å². The van der Waals surface area contributed by atoms with Crippen molar-refractivity contribution in [1.82, 2.24) is 5.32 Å². The zero-order valence-corrected chi connectivity index (χ0v) is 11.1. The molecule has 0 unspecified atom stereocenters. The summed E-state index contributed by atoms with van der Waals surface area (Å²) in [7, 11) is 0. The molecule has 1 aliphatic heterocycles. The molecule has 3 amide bonds. The van der Waals surface area contributed by atoms with Crippen molar-refractivity contribution in [3.63, 3.8) is 0 Å². The van der Waals surface area contributed by atoms with E-state index in [4.69, 9.17) is 0 Å². The molecule has 5 heteroatoms. The van der Waals surface area contributed by atoms with Gasteiger partial charge in [0, 0.05) is 6.54 Å². The van der Waals surface area contributed by atoms with Crippen molar-refractivity contribution in [1.29, 1.82) is 0 Å². The Hall–Kier alpha value is -1.91. The number of imide groups is 1. The number of hydrogen-bond acceptors (Lipinski definition) is 2. The molecule has 1 saturated heterocycles. The molecule has 1 aromatic carbocycles. The van der Waals surface area contributed by atoms with Gasteiger partial charge in [0.2, 0.25) is 5.91 Å². The van der Waals surface area contributed by atoms with Gasteiger partial charge in [0.1, 0.15) is 5.82 Å². The van der Waals surface area contributed by atoms with E-state index in [0.29, 0.717) is 25.1 Å². The third-order valence-electron chi connectivity index (χ3n) is 3.88. The molecule has 19 heavy (non-hydrogen) atoms. The number of halogens is 1. The summed E-state index contributed by atoms with van der Waals surface area (Å²) in [6.07, 6.45) is 1.31. The molecule has 1 aromatic rings. The minimum absolute atomic E-state index is 0.215. The molecule has 0 aliphatic carbocycles. The van der Waals surface area contributed by atoms with Gasteiger partial charge in [0.15, 0.2) is 0 Å². The van der Waals surface area contributed by atoms with Crippen LogP contribution in [-0.4, -0.2) is 18.5 Å². The third-order valence-corrected chi connectivity index (χ3v) is 3.88. The second-order valence-corrected chi connectivity index (χ2v) is 4.76. The van der Waals surface area contributed by atoms with Gasteiger partial charge in [-0.25, -0.2) is 14.1 Å². The lowest BCUT2D eigenvalue weighted by atomic mass is 9.79. The molecule has 4 nitrogen and oxygen atoms in total. The van der Waals surface area contributed by atoms with E-state index in [9.17, 15) is 14.0 Å². The lowest BCUT2D eigenvalue weighted by Crippen LogP contribution is -2.60. The second kappa shape index (κ2) is 4.99. The zero-order valence-electron chi connectivity index (χ0n) is 11.1. The summed E-state index contributed by atoms with van der Waals surface area (Å²) in [5.41, 5.74) is -0.169. The highest BCUT2D eigenvalue weighted by molar-refractivity contribution is 6.17. The monoisotopic (exact) mass is 264 g/mol. The SMILES string of the molecule is CCC1(CC)CNC(=O)N(c2ccc(F)cc2)C1=O. The topological polar surface area (TPSA) is 49.4 Å². The first-order valence-corrected chi connectivity index (χ1v) is 6.42. The summed E-state index contributed by atoms with van der Waals surface area (Å²) < 4.78 is 12.9. The van der Waals surface area contributed by atoms with Crippen LogP contribution in [0.25, 0.3) is 0 Å². The standard InChI is InChI=1S/C14H17FN2O2/c1-3-14(4-2)9-16-13(19)17(12(14)18)11-7-5-10(15)6-8-11/h5-8H,3-4,9H2,1-2H3,(H,16,19). The fraction of sp³-hybridized carbons (Fsp3) is 0.429. The average molecular weight is 264 g/mol. The number of anilines is 1. The first-order valence-electron chi connectivity index (χ1n) is 6.42. The Bertz CT molecular complexity index is 495. The number of hydrogen-bond donors (Lipinski definition) is 1. The van der Waals surface area contributed by atoms with Crippen molar-refractivity contribution in [2.75, 3.05) is 11.4 Å². The quantitative estimate of drug-likeness (QED) is 0.912. The van der Waals surface area contributed by atoms with Gasteiger partial charge in [-0.3, -0.25) is 4.79 Å². The highest BCUT2D eigenvalue weighted by atomic mass is 19.1. The van der Waals surface area contributed by atoms with E-state index < -0.39 is 17.3 Å². The summed E-state index contributed by atoms with van der Waals surface area (Å²) in [6, 6.07) is 4.91. The maximum atomic E-state index is 12.9. The van der Waals surface area contributed by atoms with Gasteiger partial charge in [-0.1, -0.05) is 13.8 Å².